The predicted octanol–water partition coefficient (Wildman–Crippen LogP) is 5.22. The van der Waals surface area contributed by atoms with Crippen LogP contribution in [-0.2, 0) is 19.7 Å². The summed E-state index contributed by atoms with van der Waals surface area (Å²) in [6, 6.07) is 23.9. The molecule has 26 heavy (non-hydrogen) atoms. The Morgan fingerprint density at radius 2 is 1.50 bits per heavy atom. The van der Waals surface area contributed by atoms with Gasteiger partial charge in [0.1, 0.15) is 18.1 Å². The van der Waals surface area contributed by atoms with Crippen molar-refractivity contribution in [2.24, 2.45) is 0 Å². The highest BCUT2D eigenvalue weighted by atomic mass is 35.5. The largest absolute Gasteiger partial charge is 0.497 e. The highest BCUT2D eigenvalue weighted by molar-refractivity contribution is 6.30. The molecular formula is C22H22ClNO2. The zero-order valence-corrected chi connectivity index (χ0v) is 15.5. The van der Waals surface area contributed by atoms with Gasteiger partial charge in [-0.25, -0.2) is 0 Å². The first-order valence-electron chi connectivity index (χ1n) is 8.53. The van der Waals surface area contributed by atoms with Crippen molar-refractivity contribution < 1.29 is 9.47 Å². The minimum absolute atomic E-state index is 0.520. The molecule has 0 spiro atoms. The van der Waals surface area contributed by atoms with Crippen molar-refractivity contribution in [3.05, 3.63) is 94.5 Å². The maximum atomic E-state index is 6.00. The third kappa shape index (κ3) is 5.25. The lowest BCUT2D eigenvalue weighted by molar-refractivity contribution is 0.302. The first kappa shape index (κ1) is 18.3. The van der Waals surface area contributed by atoms with E-state index in [0.717, 1.165) is 40.7 Å². The fourth-order valence-electron chi connectivity index (χ4n) is 2.62. The molecular weight excluding hydrogens is 346 g/mol. The fraction of sp³-hybridized carbons (Fsp3) is 0.182. The summed E-state index contributed by atoms with van der Waals surface area (Å²) in [7, 11) is 1.67. The van der Waals surface area contributed by atoms with E-state index in [0.29, 0.717) is 6.61 Å². The molecule has 1 N–H and O–H groups in total. The van der Waals surface area contributed by atoms with Gasteiger partial charge in [-0.05, 0) is 41.5 Å². The molecule has 0 bridgehead atoms. The number of para-hydroxylation sites is 1. The van der Waals surface area contributed by atoms with Crippen LogP contribution in [0.2, 0.25) is 5.02 Å². The van der Waals surface area contributed by atoms with Crippen molar-refractivity contribution in [1.29, 1.82) is 0 Å². The summed E-state index contributed by atoms with van der Waals surface area (Å²) in [5.74, 6) is 1.76. The van der Waals surface area contributed by atoms with E-state index < -0.39 is 0 Å². The smallest absolute Gasteiger partial charge is 0.124 e. The fourth-order valence-corrected chi connectivity index (χ4v) is 2.74. The van der Waals surface area contributed by atoms with E-state index in [1.165, 1.54) is 5.56 Å². The lowest BCUT2D eigenvalue weighted by Gasteiger charge is -2.12. The molecule has 0 amide bonds. The third-order valence-corrected chi connectivity index (χ3v) is 4.34. The van der Waals surface area contributed by atoms with Crippen LogP contribution in [0.5, 0.6) is 11.5 Å². The second kappa shape index (κ2) is 9.27. The first-order chi connectivity index (χ1) is 12.7. The number of rotatable bonds is 8. The van der Waals surface area contributed by atoms with Crippen LogP contribution in [0.4, 0.5) is 0 Å². The van der Waals surface area contributed by atoms with Crippen LogP contribution in [0.1, 0.15) is 16.7 Å². The van der Waals surface area contributed by atoms with E-state index in [-0.39, 0.29) is 0 Å². The number of ether oxygens (including phenoxy) is 2. The van der Waals surface area contributed by atoms with Gasteiger partial charge in [-0.15, -0.1) is 0 Å². The lowest BCUT2D eigenvalue weighted by Crippen LogP contribution is -2.13. The molecule has 3 nitrogen and oxygen atoms in total. The Balaban J connectivity index is 1.55. The molecule has 3 rings (SSSR count). The van der Waals surface area contributed by atoms with Crippen LogP contribution in [0.25, 0.3) is 0 Å². The Hall–Kier alpha value is -2.49. The summed E-state index contributed by atoms with van der Waals surface area (Å²) in [4.78, 5) is 0. The van der Waals surface area contributed by atoms with Gasteiger partial charge in [-0.2, -0.15) is 0 Å². The molecule has 3 aromatic carbocycles. The average Bonchev–Trinajstić information content (AvgIpc) is 2.69. The maximum absolute atomic E-state index is 6.00. The van der Waals surface area contributed by atoms with E-state index in [9.17, 15) is 0 Å². The van der Waals surface area contributed by atoms with E-state index in [2.05, 4.69) is 23.5 Å². The topological polar surface area (TPSA) is 30.5 Å². The molecule has 4 heteroatoms. The summed E-state index contributed by atoms with van der Waals surface area (Å²) in [6.07, 6.45) is 0. The van der Waals surface area contributed by atoms with Crippen molar-refractivity contribution >= 4 is 11.6 Å². The van der Waals surface area contributed by atoms with E-state index in [1.54, 1.807) is 7.11 Å². The lowest BCUT2D eigenvalue weighted by atomic mass is 10.1. The van der Waals surface area contributed by atoms with Crippen molar-refractivity contribution in [2.45, 2.75) is 19.7 Å². The quantitative estimate of drug-likeness (QED) is 0.592. The Kier molecular flexibility index (Phi) is 6.53. The second-order valence-corrected chi connectivity index (χ2v) is 6.41. The molecule has 0 heterocycles. The van der Waals surface area contributed by atoms with Crippen molar-refractivity contribution in [3.8, 4) is 11.5 Å². The molecule has 0 radical (unpaired) electrons. The minimum atomic E-state index is 0.520. The molecule has 3 aromatic rings. The number of nitrogens with one attached hydrogen (secondary N) is 1. The SMILES string of the molecule is COc1ccc(CNCc2ccccc2OCc2ccc(Cl)cc2)cc1. The number of methoxy groups -OCH3 is 1. The maximum Gasteiger partial charge on any atom is 0.124 e. The van der Waals surface area contributed by atoms with Crippen LogP contribution in [0.3, 0.4) is 0 Å². The van der Waals surface area contributed by atoms with Crippen LogP contribution in [-0.4, -0.2) is 7.11 Å². The van der Waals surface area contributed by atoms with Gasteiger partial charge in [-0.1, -0.05) is 54.1 Å². The molecule has 0 aliphatic heterocycles. The monoisotopic (exact) mass is 367 g/mol. The van der Waals surface area contributed by atoms with E-state index >= 15 is 0 Å². The van der Waals surface area contributed by atoms with Gasteiger partial charge < -0.3 is 14.8 Å². The summed E-state index contributed by atoms with van der Waals surface area (Å²) >= 11 is 5.92. The van der Waals surface area contributed by atoms with Gasteiger partial charge in [0.15, 0.2) is 0 Å². The molecule has 0 aromatic heterocycles. The van der Waals surface area contributed by atoms with Gasteiger partial charge in [0, 0.05) is 23.7 Å². The Morgan fingerprint density at radius 3 is 2.23 bits per heavy atom. The zero-order valence-electron chi connectivity index (χ0n) is 14.7. The molecule has 0 fully saturated rings. The first-order valence-corrected chi connectivity index (χ1v) is 8.91. The summed E-state index contributed by atoms with van der Waals surface area (Å²) in [5.41, 5.74) is 3.44. The van der Waals surface area contributed by atoms with Gasteiger partial charge in [0.2, 0.25) is 0 Å². The molecule has 0 saturated heterocycles. The summed E-state index contributed by atoms with van der Waals surface area (Å²) in [5, 5.41) is 4.20. The van der Waals surface area contributed by atoms with Crippen LogP contribution < -0.4 is 14.8 Å². The van der Waals surface area contributed by atoms with Gasteiger partial charge in [0.05, 0.1) is 7.11 Å². The van der Waals surface area contributed by atoms with Crippen molar-refractivity contribution in [2.75, 3.05) is 7.11 Å². The van der Waals surface area contributed by atoms with Gasteiger partial charge >= 0.3 is 0 Å². The highest BCUT2D eigenvalue weighted by Gasteiger charge is 2.04. The summed E-state index contributed by atoms with van der Waals surface area (Å²) in [6.45, 7) is 2.05. The molecule has 0 aliphatic rings. The Labute approximate surface area is 159 Å². The normalized spacial score (nSPS) is 10.5. The Morgan fingerprint density at radius 1 is 0.808 bits per heavy atom. The number of hydrogen-bond donors (Lipinski definition) is 1. The number of halogens is 1. The predicted molar refractivity (Wildman–Crippen MR) is 106 cm³/mol. The van der Waals surface area contributed by atoms with Crippen LogP contribution >= 0.6 is 11.6 Å². The average molecular weight is 368 g/mol. The summed E-state index contributed by atoms with van der Waals surface area (Å²) < 4.78 is 11.2. The van der Waals surface area contributed by atoms with Crippen LogP contribution in [0, 0.1) is 0 Å². The van der Waals surface area contributed by atoms with Gasteiger partial charge in [0.25, 0.3) is 0 Å². The molecule has 0 aliphatic carbocycles. The molecule has 0 atom stereocenters. The molecule has 134 valence electrons. The zero-order chi connectivity index (χ0) is 18.2. The van der Waals surface area contributed by atoms with E-state index in [1.807, 2.05) is 54.6 Å². The second-order valence-electron chi connectivity index (χ2n) is 5.97. The minimum Gasteiger partial charge on any atom is -0.497 e. The highest BCUT2D eigenvalue weighted by Crippen LogP contribution is 2.20. The third-order valence-electron chi connectivity index (χ3n) is 4.08. The number of benzene rings is 3. The Bertz CT molecular complexity index is 816. The number of hydrogen-bond acceptors (Lipinski definition) is 3. The van der Waals surface area contributed by atoms with Crippen molar-refractivity contribution in [3.63, 3.8) is 0 Å². The van der Waals surface area contributed by atoms with Gasteiger partial charge in [-0.3, -0.25) is 0 Å². The molecule has 0 saturated carbocycles. The van der Waals surface area contributed by atoms with E-state index in [4.69, 9.17) is 21.1 Å². The standard InChI is InChI=1S/C22H22ClNO2/c1-25-21-12-8-17(9-13-21)14-24-15-19-4-2-3-5-22(19)26-16-18-6-10-20(23)11-7-18/h2-13,24H,14-16H2,1H3. The van der Waals surface area contributed by atoms with Crippen LogP contribution in [0.15, 0.2) is 72.8 Å². The molecule has 0 unspecified atom stereocenters. The van der Waals surface area contributed by atoms with Crippen molar-refractivity contribution in [1.82, 2.24) is 5.32 Å².